The number of hydrogen-bond donors (Lipinski definition) is 1. The fraction of sp³-hybridized carbons (Fsp3) is 0.368. The number of hydrogen-bond acceptors (Lipinski definition) is 1. The first-order chi connectivity index (χ1) is 10.2. The Balaban J connectivity index is 2.24. The summed E-state index contributed by atoms with van der Waals surface area (Å²) in [6.07, 6.45) is 3.64. The van der Waals surface area contributed by atoms with E-state index in [0.717, 1.165) is 17.0 Å². The molecule has 0 aliphatic rings. The van der Waals surface area contributed by atoms with Gasteiger partial charge in [0.05, 0.1) is 6.04 Å². The number of benzene rings is 2. The smallest absolute Gasteiger partial charge is 0.0589 e. The molecule has 0 fully saturated rings. The average molecular weight is 302 g/mol. The molecule has 0 bridgehead atoms. The summed E-state index contributed by atoms with van der Waals surface area (Å²) in [5.41, 5.74) is 4.98. The summed E-state index contributed by atoms with van der Waals surface area (Å²) >= 11 is 6.41. The second-order valence-electron chi connectivity index (χ2n) is 5.59. The molecule has 0 aliphatic heterocycles. The molecule has 2 aromatic carbocycles. The first kappa shape index (κ1) is 16.1. The maximum absolute atomic E-state index is 6.41. The third-order valence-electron chi connectivity index (χ3n) is 3.89. The van der Waals surface area contributed by atoms with Crippen molar-refractivity contribution in [1.82, 2.24) is 5.32 Å². The van der Waals surface area contributed by atoms with E-state index in [-0.39, 0.29) is 6.04 Å². The second-order valence-corrected chi connectivity index (χ2v) is 6.00. The van der Waals surface area contributed by atoms with Crippen molar-refractivity contribution < 1.29 is 0 Å². The van der Waals surface area contributed by atoms with Crippen molar-refractivity contribution in [2.45, 2.75) is 39.2 Å². The number of halogens is 1. The van der Waals surface area contributed by atoms with E-state index in [2.05, 4.69) is 55.6 Å². The van der Waals surface area contributed by atoms with Crippen molar-refractivity contribution >= 4 is 11.6 Å². The molecule has 1 N–H and O–H groups in total. The largest absolute Gasteiger partial charge is 0.309 e. The summed E-state index contributed by atoms with van der Waals surface area (Å²) in [6, 6.07) is 15.3. The van der Waals surface area contributed by atoms with Crippen LogP contribution >= 0.6 is 11.6 Å². The lowest BCUT2D eigenvalue weighted by Crippen LogP contribution is -2.18. The van der Waals surface area contributed by atoms with Crippen LogP contribution in [0.15, 0.2) is 42.5 Å². The third-order valence-corrected chi connectivity index (χ3v) is 4.22. The number of nitrogens with one attached hydrogen (secondary N) is 1. The SMILES string of the molecule is CCCCc1ccc(C(NC)c2ccc(C)cc2Cl)cc1. The first-order valence-electron chi connectivity index (χ1n) is 7.68. The van der Waals surface area contributed by atoms with Crippen LogP contribution in [-0.4, -0.2) is 7.05 Å². The molecule has 0 heterocycles. The fourth-order valence-corrected chi connectivity index (χ4v) is 2.97. The molecule has 21 heavy (non-hydrogen) atoms. The summed E-state index contributed by atoms with van der Waals surface area (Å²) in [4.78, 5) is 0. The molecule has 112 valence electrons. The Morgan fingerprint density at radius 2 is 1.81 bits per heavy atom. The van der Waals surface area contributed by atoms with E-state index in [1.807, 2.05) is 13.1 Å². The molecule has 2 heteroatoms. The number of aryl methyl sites for hydroxylation is 2. The van der Waals surface area contributed by atoms with Crippen LogP contribution in [0.2, 0.25) is 5.02 Å². The van der Waals surface area contributed by atoms with Gasteiger partial charge in [-0.3, -0.25) is 0 Å². The maximum atomic E-state index is 6.41. The van der Waals surface area contributed by atoms with Crippen molar-refractivity contribution in [1.29, 1.82) is 0 Å². The number of rotatable bonds is 6. The summed E-state index contributed by atoms with van der Waals surface area (Å²) in [6.45, 7) is 4.29. The number of unbranched alkanes of at least 4 members (excludes halogenated alkanes) is 1. The minimum Gasteiger partial charge on any atom is -0.309 e. The molecule has 1 unspecified atom stereocenters. The summed E-state index contributed by atoms with van der Waals surface area (Å²) < 4.78 is 0. The third kappa shape index (κ3) is 4.09. The molecule has 0 radical (unpaired) electrons. The van der Waals surface area contributed by atoms with Crippen LogP contribution in [0.5, 0.6) is 0 Å². The first-order valence-corrected chi connectivity index (χ1v) is 8.05. The zero-order valence-electron chi connectivity index (χ0n) is 13.1. The minimum atomic E-state index is 0.137. The Hall–Kier alpha value is -1.31. The molecular formula is C19H24ClN. The lowest BCUT2D eigenvalue weighted by molar-refractivity contribution is 0.691. The van der Waals surface area contributed by atoms with Gasteiger partial charge < -0.3 is 5.32 Å². The van der Waals surface area contributed by atoms with Crippen molar-refractivity contribution in [3.05, 3.63) is 69.7 Å². The van der Waals surface area contributed by atoms with Crippen LogP contribution in [0.1, 0.15) is 48.1 Å². The van der Waals surface area contributed by atoms with Gasteiger partial charge in [-0.25, -0.2) is 0 Å². The monoisotopic (exact) mass is 301 g/mol. The van der Waals surface area contributed by atoms with E-state index >= 15 is 0 Å². The van der Waals surface area contributed by atoms with Gasteiger partial charge in [-0.2, -0.15) is 0 Å². The van der Waals surface area contributed by atoms with Crippen LogP contribution in [0.4, 0.5) is 0 Å². The van der Waals surface area contributed by atoms with Crippen LogP contribution in [0.25, 0.3) is 0 Å². The fourth-order valence-electron chi connectivity index (χ4n) is 2.63. The molecule has 0 saturated carbocycles. The molecule has 1 atom stereocenters. The highest BCUT2D eigenvalue weighted by atomic mass is 35.5. The van der Waals surface area contributed by atoms with E-state index in [4.69, 9.17) is 11.6 Å². The molecule has 0 spiro atoms. The summed E-state index contributed by atoms with van der Waals surface area (Å²) in [5.74, 6) is 0. The summed E-state index contributed by atoms with van der Waals surface area (Å²) in [7, 11) is 1.98. The Morgan fingerprint density at radius 3 is 2.38 bits per heavy atom. The Kier molecular flexibility index (Phi) is 5.84. The maximum Gasteiger partial charge on any atom is 0.0589 e. The van der Waals surface area contributed by atoms with Crippen molar-refractivity contribution in [3.8, 4) is 0 Å². The molecule has 0 saturated heterocycles. The zero-order chi connectivity index (χ0) is 15.2. The lowest BCUT2D eigenvalue weighted by atomic mass is 9.96. The lowest BCUT2D eigenvalue weighted by Gasteiger charge is -2.19. The van der Waals surface area contributed by atoms with E-state index < -0.39 is 0 Å². The molecular weight excluding hydrogens is 278 g/mol. The quantitative estimate of drug-likeness (QED) is 0.763. The van der Waals surface area contributed by atoms with Gasteiger partial charge >= 0.3 is 0 Å². The Bertz CT molecular complexity index is 575. The van der Waals surface area contributed by atoms with E-state index in [9.17, 15) is 0 Å². The molecule has 2 aromatic rings. The van der Waals surface area contributed by atoms with Gasteiger partial charge in [-0.15, -0.1) is 0 Å². The van der Waals surface area contributed by atoms with Crippen molar-refractivity contribution in [2.75, 3.05) is 7.05 Å². The highest BCUT2D eigenvalue weighted by molar-refractivity contribution is 6.31. The van der Waals surface area contributed by atoms with Gasteiger partial charge in [0.1, 0.15) is 0 Å². The van der Waals surface area contributed by atoms with E-state index in [1.165, 1.54) is 29.5 Å². The highest BCUT2D eigenvalue weighted by Gasteiger charge is 2.15. The predicted octanol–water partition coefficient (Wildman–Crippen LogP) is 5.30. The Labute approximate surface area is 133 Å². The minimum absolute atomic E-state index is 0.137. The molecule has 0 aromatic heterocycles. The Morgan fingerprint density at radius 1 is 1.10 bits per heavy atom. The van der Waals surface area contributed by atoms with Gasteiger partial charge in [0.2, 0.25) is 0 Å². The van der Waals surface area contributed by atoms with Crippen LogP contribution in [0.3, 0.4) is 0 Å². The normalized spacial score (nSPS) is 12.4. The van der Waals surface area contributed by atoms with E-state index in [0.29, 0.717) is 0 Å². The predicted molar refractivity (Wildman–Crippen MR) is 92.1 cm³/mol. The van der Waals surface area contributed by atoms with Gasteiger partial charge in [0.15, 0.2) is 0 Å². The molecule has 0 aliphatic carbocycles. The molecule has 1 nitrogen and oxygen atoms in total. The highest BCUT2D eigenvalue weighted by Crippen LogP contribution is 2.29. The van der Waals surface area contributed by atoms with Crippen molar-refractivity contribution in [2.24, 2.45) is 0 Å². The van der Waals surface area contributed by atoms with Crippen LogP contribution in [0, 0.1) is 6.92 Å². The average Bonchev–Trinajstić information content (AvgIpc) is 2.49. The van der Waals surface area contributed by atoms with Gasteiger partial charge in [0, 0.05) is 5.02 Å². The zero-order valence-corrected chi connectivity index (χ0v) is 13.9. The van der Waals surface area contributed by atoms with Crippen LogP contribution < -0.4 is 5.32 Å². The van der Waals surface area contributed by atoms with Crippen LogP contribution in [-0.2, 0) is 6.42 Å². The topological polar surface area (TPSA) is 12.0 Å². The standard InChI is InChI=1S/C19H24ClN/c1-4-5-6-15-8-10-16(11-9-15)19(21-3)17-12-7-14(2)13-18(17)20/h7-13,19,21H,4-6H2,1-3H3. The molecule has 0 amide bonds. The van der Waals surface area contributed by atoms with Gasteiger partial charge in [-0.05, 0) is 55.1 Å². The van der Waals surface area contributed by atoms with Crippen molar-refractivity contribution in [3.63, 3.8) is 0 Å². The van der Waals surface area contributed by atoms with Gasteiger partial charge in [0.25, 0.3) is 0 Å². The molecule has 2 rings (SSSR count). The van der Waals surface area contributed by atoms with E-state index in [1.54, 1.807) is 0 Å². The second kappa shape index (κ2) is 7.63. The summed E-state index contributed by atoms with van der Waals surface area (Å²) in [5, 5.41) is 4.20. The van der Waals surface area contributed by atoms with Gasteiger partial charge in [-0.1, -0.05) is 61.3 Å².